The monoisotopic (exact) mass is 348 g/mol. The minimum Gasteiger partial charge on any atom is -0.323 e. The van der Waals surface area contributed by atoms with Crippen LogP contribution in [-0.2, 0) is 6.54 Å². The fourth-order valence-electron chi connectivity index (χ4n) is 2.51. The molecule has 3 rings (SSSR count). The maximum absolute atomic E-state index is 14.2. The Morgan fingerprint density at radius 3 is 2.90 bits per heavy atom. The van der Waals surface area contributed by atoms with Crippen LogP contribution in [-0.4, -0.2) is 32.1 Å². The van der Waals surface area contributed by atoms with Crippen molar-refractivity contribution in [2.75, 3.05) is 17.3 Å². The molecule has 2 aromatic rings. The molecular formula is C14H15ClF2N2S2. The average Bonchev–Trinajstić information content (AvgIpc) is 2.84. The van der Waals surface area contributed by atoms with Gasteiger partial charge in [-0.2, -0.15) is 23.5 Å². The zero-order valence-corrected chi connectivity index (χ0v) is 13.9. The zero-order valence-electron chi connectivity index (χ0n) is 11.5. The molecule has 0 bridgehead atoms. The van der Waals surface area contributed by atoms with Gasteiger partial charge in [0.05, 0.1) is 10.9 Å². The normalized spacial score (nSPS) is 20.9. The molecule has 21 heavy (non-hydrogen) atoms. The smallest absolute Gasteiger partial charge is 0.184 e. The van der Waals surface area contributed by atoms with Crippen LogP contribution in [0.3, 0.4) is 0 Å². The van der Waals surface area contributed by atoms with E-state index in [1.807, 2.05) is 23.5 Å². The van der Waals surface area contributed by atoms with E-state index in [0.717, 1.165) is 23.3 Å². The van der Waals surface area contributed by atoms with E-state index >= 15 is 0 Å². The Morgan fingerprint density at radius 2 is 2.24 bits per heavy atom. The summed E-state index contributed by atoms with van der Waals surface area (Å²) < 4.78 is 29.5. The Kier molecular flexibility index (Phi) is 4.66. The molecule has 0 amide bonds. The van der Waals surface area contributed by atoms with E-state index in [-0.39, 0.29) is 10.9 Å². The van der Waals surface area contributed by atoms with E-state index in [1.54, 1.807) is 11.5 Å². The number of hydrogen-bond donors (Lipinski definition) is 0. The van der Waals surface area contributed by atoms with E-state index in [2.05, 4.69) is 4.98 Å². The fourth-order valence-corrected chi connectivity index (χ4v) is 5.33. The topological polar surface area (TPSA) is 17.8 Å². The summed E-state index contributed by atoms with van der Waals surface area (Å²) in [6.45, 7) is 2.41. The second kappa shape index (κ2) is 6.34. The molecule has 1 aliphatic rings. The molecule has 0 N–H and O–H groups in total. The minimum absolute atomic E-state index is 0.230. The summed E-state index contributed by atoms with van der Waals surface area (Å²) in [6, 6.07) is 2.62. The van der Waals surface area contributed by atoms with Crippen LogP contribution in [0.4, 0.5) is 8.78 Å². The average molecular weight is 349 g/mol. The van der Waals surface area contributed by atoms with E-state index in [9.17, 15) is 8.78 Å². The summed E-state index contributed by atoms with van der Waals surface area (Å²) >= 11 is 9.95. The van der Waals surface area contributed by atoms with Crippen LogP contribution in [0.5, 0.6) is 0 Å². The van der Waals surface area contributed by atoms with Crippen molar-refractivity contribution in [1.82, 2.24) is 9.55 Å². The quantitative estimate of drug-likeness (QED) is 0.762. The number of halogens is 3. The number of nitrogens with zero attached hydrogens (tertiary/aromatic N) is 2. The molecule has 1 aromatic carbocycles. The summed E-state index contributed by atoms with van der Waals surface area (Å²) in [4.78, 5) is 4.39. The first-order valence-corrected chi connectivity index (χ1v) is 9.39. The minimum atomic E-state index is -0.844. The van der Waals surface area contributed by atoms with Crippen LogP contribution in [0.2, 0.25) is 0 Å². The number of hydrogen-bond acceptors (Lipinski definition) is 3. The maximum Gasteiger partial charge on any atom is 0.184 e. The molecule has 1 saturated heterocycles. The van der Waals surface area contributed by atoms with Crippen LogP contribution in [0.1, 0.15) is 18.1 Å². The summed E-state index contributed by atoms with van der Waals surface area (Å²) in [6.07, 6.45) is 0. The summed E-state index contributed by atoms with van der Waals surface area (Å²) in [5, 5.41) is 0.0269. The van der Waals surface area contributed by atoms with Gasteiger partial charge in [0.25, 0.3) is 0 Å². The summed E-state index contributed by atoms with van der Waals surface area (Å²) in [5.41, 5.74) is 0.693. The number of imidazole rings is 1. The van der Waals surface area contributed by atoms with Crippen molar-refractivity contribution in [3.8, 4) is 0 Å². The van der Waals surface area contributed by atoms with Gasteiger partial charge >= 0.3 is 0 Å². The molecular weight excluding hydrogens is 334 g/mol. The van der Waals surface area contributed by atoms with Gasteiger partial charge in [-0.05, 0) is 19.1 Å². The Balaban J connectivity index is 2.08. The molecule has 0 aliphatic carbocycles. The number of benzene rings is 1. The lowest BCUT2D eigenvalue weighted by atomic mass is 10.3. The molecule has 2 unspecified atom stereocenters. The van der Waals surface area contributed by atoms with Gasteiger partial charge < -0.3 is 4.57 Å². The molecule has 1 fully saturated rings. The highest BCUT2D eigenvalue weighted by Crippen LogP contribution is 2.31. The Morgan fingerprint density at radius 1 is 1.43 bits per heavy atom. The SMILES string of the molecule is CC(Cl)c1nc2ccc(F)c(F)c2n1CC1CSCCS1. The van der Waals surface area contributed by atoms with Crippen LogP contribution < -0.4 is 0 Å². The third kappa shape index (κ3) is 3.03. The fraction of sp³-hybridized carbons (Fsp3) is 0.500. The Labute approximate surface area is 135 Å². The maximum atomic E-state index is 14.2. The molecule has 0 spiro atoms. The van der Waals surface area contributed by atoms with Gasteiger partial charge in [0.15, 0.2) is 11.6 Å². The highest BCUT2D eigenvalue weighted by molar-refractivity contribution is 8.06. The van der Waals surface area contributed by atoms with Gasteiger partial charge in [0.1, 0.15) is 11.3 Å². The lowest BCUT2D eigenvalue weighted by molar-refractivity contribution is 0.510. The van der Waals surface area contributed by atoms with Gasteiger partial charge in [-0.25, -0.2) is 13.8 Å². The number of aromatic nitrogens is 2. The van der Waals surface area contributed by atoms with E-state index in [4.69, 9.17) is 11.6 Å². The van der Waals surface area contributed by atoms with Crippen molar-refractivity contribution in [2.24, 2.45) is 0 Å². The van der Waals surface area contributed by atoms with Gasteiger partial charge in [0.2, 0.25) is 0 Å². The highest BCUT2D eigenvalue weighted by Gasteiger charge is 2.23. The molecule has 0 radical (unpaired) electrons. The molecule has 1 aliphatic heterocycles. The van der Waals surface area contributed by atoms with Crippen molar-refractivity contribution >= 4 is 46.2 Å². The van der Waals surface area contributed by atoms with Crippen molar-refractivity contribution < 1.29 is 8.78 Å². The molecule has 2 atom stereocenters. The van der Waals surface area contributed by atoms with Crippen LogP contribution in [0, 0.1) is 11.6 Å². The lowest BCUT2D eigenvalue weighted by Crippen LogP contribution is -2.22. The van der Waals surface area contributed by atoms with Gasteiger partial charge in [-0.1, -0.05) is 0 Å². The van der Waals surface area contributed by atoms with Crippen molar-refractivity contribution in [3.05, 3.63) is 29.6 Å². The van der Waals surface area contributed by atoms with Crippen molar-refractivity contribution in [3.63, 3.8) is 0 Å². The third-order valence-electron chi connectivity index (χ3n) is 3.46. The lowest BCUT2D eigenvalue weighted by Gasteiger charge is -2.23. The largest absolute Gasteiger partial charge is 0.323 e. The first kappa shape index (κ1) is 15.4. The highest BCUT2D eigenvalue weighted by atomic mass is 35.5. The van der Waals surface area contributed by atoms with Crippen LogP contribution in [0.15, 0.2) is 12.1 Å². The number of thioether (sulfide) groups is 2. The molecule has 2 nitrogen and oxygen atoms in total. The molecule has 114 valence electrons. The Hall–Kier alpha value is -0.460. The second-order valence-corrected chi connectivity index (χ2v) is 8.21. The van der Waals surface area contributed by atoms with E-state index < -0.39 is 11.6 Å². The Bertz CT molecular complexity index is 654. The van der Waals surface area contributed by atoms with Crippen molar-refractivity contribution in [2.45, 2.75) is 24.1 Å². The molecule has 7 heteroatoms. The summed E-state index contributed by atoms with van der Waals surface area (Å²) in [7, 11) is 0. The van der Waals surface area contributed by atoms with Crippen molar-refractivity contribution in [1.29, 1.82) is 0 Å². The molecule has 1 aromatic heterocycles. The van der Waals surface area contributed by atoms with Crippen LogP contribution in [0.25, 0.3) is 11.0 Å². The van der Waals surface area contributed by atoms with E-state index in [1.165, 1.54) is 6.07 Å². The van der Waals surface area contributed by atoms with Gasteiger partial charge in [0, 0.05) is 29.1 Å². The van der Waals surface area contributed by atoms with Gasteiger partial charge in [-0.15, -0.1) is 11.6 Å². The zero-order chi connectivity index (χ0) is 15.0. The number of rotatable bonds is 3. The second-order valence-electron chi connectivity index (χ2n) is 4.99. The standard InChI is InChI=1S/C14H15ClF2N2S2/c1-8(15)14-18-11-3-2-10(16)12(17)13(11)19(14)6-9-7-20-4-5-21-9/h2-3,8-9H,4-7H2,1H3. The number of alkyl halides is 1. The first-order chi connectivity index (χ1) is 10.1. The predicted octanol–water partition coefficient (Wildman–Crippen LogP) is 4.46. The molecule has 2 heterocycles. The summed E-state index contributed by atoms with van der Waals surface area (Å²) in [5.74, 6) is 2.17. The first-order valence-electron chi connectivity index (χ1n) is 6.75. The third-order valence-corrected chi connectivity index (χ3v) is 6.48. The molecule has 0 saturated carbocycles. The van der Waals surface area contributed by atoms with Gasteiger partial charge in [-0.3, -0.25) is 0 Å². The number of fused-ring (bicyclic) bond motifs is 1. The van der Waals surface area contributed by atoms with E-state index in [0.29, 0.717) is 23.1 Å². The van der Waals surface area contributed by atoms with Crippen LogP contribution >= 0.6 is 35.1 Å². The predicted molar refractivity (Wildman–Crippen MR) is 87.5 cm³/mol.